The van der Waals surface area contributed by atoms with Crippen LogP contribution in [0.1, 0.15) is 32.1 Å². The first kappa shape index (κ1) is 21.3. The van der Waals surface area contributed by atoms with Crippen molar-refractivity contribution in [2.75, 3.05) is 48.3 Å². The van der Waals surface area contributed by atoms with Gasteiger partial charge in [-0.3, -0.25) is 14.5 Å². The second kappa shape index (κ2) is 10.4. The minimum absolute atomic E-state index is 0.00973. The number of nitrogens with one attached hydrogen (secondary N) is 2. The lowest BCUT2D eigenvalue weighted by Gasteiger charge is -2.32. The van der Waals surface area contributed by atoms with Gasteiger partial charge in [-0.1, -0.05) is 12.5 Å². The molecule has 0 spiro atoms. The Kier molecular flexibility index (Phi) is 7.14. The average Bonchev–Trinajstić information content (AvgIpc) is 2.81. The molecule has 7 heteroatoms. The van der Waals surface area contributed by atoms with E-state index in [0.29, 0.717) is 13.1 Å². The molecule has 1 aromatic heterocycles. The third-order valence-corrected chi connectivity index (χ3v) is 6.02. The van der Waals surface area contributed by atoms with Crippen LogP contribution in [0.3, 0.4) is 0 Å². The van der Waals surface area contributed by atoms with Crippen LogP contribution in [0.15, 0.2) is 48.7 Å². The zero-order valence-electron chi connectivity index (χ0n) is 17.9. The summed E-state index contributed by atoms with van der Waals surface area (Å²) in [7, 11) is 0. The van der Waals surface area contributed by atoms with Gasteiger partial charge in [-0.2, -0.15) is 0 Å². The van der Waals surface area contributed by atoms with Gasteiger partial charge in [-0.25, -0.2) is 4.98 Å². The highest BCUT2D eigenvalue weighted by Gasteiger charge is 2.26. The molecule has 1 aromatic carbocycles. The van der Waals surface area contributed by atoms with E-state index in [1.807, 2.05) is 42.5 Å². The van der Waals surface area contributed by atoms with E-state index in [-0.39, 0.29) is 17.7 Å². The van der Waals surface area contributed by atoms with E-state index in [1.54, 1.807) is 6.20 Å². The number of amides is 2. The van der Waals surface area contributed by atoms with Gasteiger partial charge in [0, 0.05) is 30.7 Å². The van der Waals surface area contributed by atoms with Gasteiger partial charge in [-0.05, 0) is 75.2 Å². The molecule has 2 aromatic rings. The molecular weight excluding hydrogens is 390 g/mol. The largest absolute Gasteiger partial charge is 0.356 e. The number of hydrogen-bond acceptors (Lipinski definition) is 5. The van der Waals surface area contributed by atoms with Crippen LogP contribution >= 0.6 is 0 Å². The Hall–Kier alpha value is -2.93. The molecule has 2 aliphatic heterocycles. The van der Waals surface area contributed by atoms with Crippen LogP contribution in [0.5, 0.6) is 0 Å². The highest BCUT2D eigenvalue weighted by Crippen LogP contribution is 2.23. The smallest absolute Gasteiger partial charge is 0.238 e. The second-order valence-electron chi connectivity index (χ2n) is 8.42. The number of nitrogens with zero attached hydrogens (tertiary/aromatic N) is 3. The fourth-order valence-electron chi connectivity index (χ4n) is 4.34. The highest BCUT2D eigenvalue weighted by molar-refractivity contribution is 5.94. The summed E-state index contributed by atoms with van der Waals surface area (Å²) in [4.78, 5) is 33.8. The number of anilines is 3. The molecule has 2 amide bonds. The number of benzene rings is 1. The molecule has 1 unspecified atom stereocenters. The highest BCUT2D eigenvalue weighted by atomic mass is 16.2. The van der Waals surface area contributed by atoms with Gasteiger partial charge in [0.25, 0.3) is 0 Å². The topological polar surface area (TPSA) is 77.6 Å². The van der Waals surface area contributed by atoms with E-state index >= 15 is 0 Å². The lowest BCUT2D eigenvalue weighted by atomic mass is 9.97. The van der Waals surface area contributed by atoms with Gasteiger partial charge in [0.05, 0.1) is 12.5 Å². The van der Waals surface area contributed by atoms with Crippen molar-refractivity contribution in [2.45, 2.75) is 32.1 Å². The van der Waals surface area contributed by atoms with Crippen molar-refractivity contribution in [3.8, 4) is 0 Å². The van der Waals surface area contributed by atoms with Crippen LogP contribution < -0.4 is 15.5 Å². The average molecular weight is 422 g/mol. The molecule has 0 radical (unpaired) electrons. The Morgan fingerprint density at radius 3 is 2.35 bits per heavy atom. The molecule has 0 aliphatic carbocycles. The molecule has 2 fully saturated rings. The summed E-state index contributed by atoms with van der Waals surface area (Å²) in [6, 6.07) is 13.2. The lowest BCUT2D eigenvalue weighted by molar-refractivity contribution is -0.120. The van der Waals surface area contributed by atoms with E-state index < -0.39 is 0 Å². The quantitative estimate of drug-likeness (QED) is 0.748. The van der Waals surface area contributed by atoms with E-state index in [0.717, 1.165) is 49.7 Å². The number of pyridine rings is 1. The predicted molar refractivity (Wildman–Crippen MR) is 123 cm³/mol. The van der Waals surface area contributed by atoms with Crippen molar-refractivity contribution < 1.29 is 9.59 Å². The van der Waals surface area contributed by atoms with Crippen molar-refractivity contribution >= 4 is 29.0 Å². The number of hydrogen-bond donors (Lipinski definition) is 2. The summed E-state index contributed by atoms with van der Waals surface area (Å²) in [5.74, 6) is 0.891. The molecule has 0 bridgehead atoms. The van der Waals surface area contributed by atoms with Crippen molar-refractivity contribution in [3.63, 3.8) is 0 Å². The first-order chi connectivity index (χ1) is 15.2. The predicted octanol–water partition coefficient (Wildman–Crippen LogP) is 3.36. The second-order valence-corrected chi connectivity index (χ2v) is 8.42. The van der Waals surface area contributed by atoms with Crippen LogP contribution in [-0.2, 0) is 9.59 Å². The standard InChI is InChI=1S/C24H31N5O2/c30-23(18-28-14-4-1-5-15-28)26-20-9-11-21(12-10-20)27-24(31)19-7-6-16-29(17-19)22-8-2-3-13-25-22/h2-3,8-13,19H,1,4-7,14-18H2,(H,26,30)(H,27,31). The van der Waals surface area contributed by atoms with Crippen molar-refractivity contribution in [1.29, 1.82) is 0 Å². The van der Waals surface area contributed by atoms with Crippen LogP contribution in [-0.4, -0.2) is 54.4 Å². The third-order valence-electron chi connectivity index (χ3n) is 6.02. The molecule has 2 saturated heterocycles. The van der Waals surface area contributed by atoms with Crippen LogP contribution in [0.4, 0.5) is 17.2 Å². The number of carbonyl (C=O) groups is 2. The fraction of sp³-hybridized carbons (Fsp3) is 0.458. The van der Waals surface area contributed by atoms with Gasteiger partial charge in [-0.15, -0.1) is 0 Å². The number of rotatable bonds is 6. The Morgan fingerprint density at radius 2 is 1.65 bits per heavy atom. The monoisotopic (exact) mass is 421 g/mol. The summed E-state index contributed by atoms with van der Waals surface area (Å²) in [5, 5.41) is 5.97. The maximum atomic E-state index is 12.8. The summed E-state index contributed by atoms with van der Waals surface area (Å²) >= 11 is 0. The molecule has 2 N–H and O–H groups in total. The molecular formula is C24H31N5O2. The van der Waals surface area contributed by atoms with Crippen LogP contribution in [0.2, 0.25) is 0 Å². The van der Waals surface area contributed by atoms with Gasteiger partial charge >= 0.3 is 0 Å². The number of carbonyl (C=O) groups excluding carboxylic acids is 2. The third kappa shape index (κ3) is 6.04. The first-order valence-electron chi connectivity index (χ1n) is 11.3. The van der Waals surface area contributed by atoms with Gasteiger partial charge in [0.15, 0.2) is 0 Å². The van der Waals surface area contributed by atoms with E-state index in [4.69, 9.17) is 0 Å². The molecule has 4 rings (SSSR count). The van der Waals surface area contributed by atoms with E-state index in [9.17, 15) is 9.59 Å². The molecule has 3 heterocycles. The van der Waals surface area contributed by atoms with Gasteiger partial charge in [0.1, 0.15) is 5.82 Å². The SMILES string of the molecule is O=C(CN1CCCCC1)Nc1ccc(NC(=O)C2CCCN(c3ccccn3)C2)cc1. The summed E-state index contributed by atoms with van der Waals surface area (Å²) in [6.45, 7) is 4.03. The Labute approximate surface area is 183 Å². The molecule has 7 nitrogen and oxygen atoms in total. The maximum absolute atomic E-state index is 12.8. The van der Waals surface area contributed by atoms with Crippen LogP contribution in [0, 0.1) is 5.92 Å². The Morgan fingerprint density at radius 1 is 0.903 bits per heavy atom. The summed E-state index contributed by atoms with van der Waals surface area (Å²) in [6.07, 6.45) is 7.22. The van der Waals surface area contributed by atoms with Gasteiger partial charge in [0.2, 0.25) is 11.8 Å². The van der Waals surface area contributed by atoms with Gasteiger partial charge < -0.3 is 15.5 Å². The molecule has 2 aliphatic rings. The number of likely N-dealkylation sites (tertiary alicyclic amines) is 1. The van der Waals surface area contributed by atoms with Crippen molar-refractivity contribution in [2.24, 2.45) is 5.92 Å². The fourth-order valence-corrected chi connectivity index (χ4v) is 4.34. The van der Waals surface area contributed by atoms with E-state index in [2.05, 4.69) is 25.4 Å². The Bertz CT molecular complexity index is 865. The molecule has 164 valence electrons. The lowest BCUT2D eigenvalue weighted by Crippen LogP contribution is -2.41. The zero-order valence-corrected chi connectivity index (χ0v) is 17.9. The molecule has 31 heavy (non-hydrogen) atoms. The summed E-state index contributed by atoms with van der Waals surface area (Å²) in [5.41, 5.74) is 1.49. The minimum atomic E-state index is -0.0697. The van der Waals surface area contributed by atoms with Crippen molar-refractivity contribution in [1.82, 2.24) is 9.88 Å². The van der Waals surface area contributed by atoms with Crippen molar-refractivity contribution in [3.05, 3.63) is 48.7 Å². The molecule has 0 saturated carbocycles. The first-order valence-corrected chi connectivity index (χ1v) is 11.3. The van der Waals surface area contributed by atoms with E-state index in [1.165, 1.54) is 19.3 Å². The zero-order chi connectivity index (χ0) is 21.5. The Balaban J connectivity index is 1.27. The molecule has 1 atom stereocenters. The normalized spacial score (nSPS) is 19.6. The maximum Gasteiger partial charge on any atom is 0.238 e. The van der Waals surface area contributed by atoms with Crippen LogP contribution in [0.25, 0.3) is 0 Å². The summed E-state index contributed by atoms with van der Waals surface area (Å²) < 4.78 is 0. The number of piperidine rings is 2. The number of aromatic nitrogens is 1. The minimum Gasteiger partial charge on any atom is -0.356 e.